The van der Waals surface area contributed by atoms with E-state index in [2.05, 4.69) is 21.9 Å². The number of alkyl halides is 2. The van der Waals surface area contributed by atoms with Crippen molar-refractivity contribution in [1.29, 1.82) is 0 Å². The lowest BCUT2D eigenvalue weighted by Gasteiger charge is -2.10. The average molecular weight is 440 g/mol. The molecule has 1 aromatic carbocycles. The Hall–Kier alpha value is -1.68. The molecule has 0 unspecified atom stereocenters. The van der Waals surface area contributed by atoms with Crippen LogP contribution in [0.5, 0.6) is 0 Å². The molecule has 0 saturated carbocycles. The van der Waals surface area contributed by atoms with Gasteiger partial charge in [-0.3, -0.25) is 4.98 Å². The van der Waals surface area contributed by atoms with E-state index in [1.54, 1.807) is 23.5 Å². The molecule has 5 nitrogen and oxygen atoms in total. The molecule has 156 valence electrons. The largest absolute Gasteiger partial charge is 0.378 e. The van der Waals surface area contributed by atoms with Gasteiger partial charge in [-0.15, -0.1) is 11.8 Å². The van der Waals surface area contributed by atoms with E-state index in [0.717, 1.165) is 43.8 Å². The van der Waals surface area contributed by atoms with Crippen LogP contribution >= 0.6 is 23.5 Å². The third kappa shape index (κ3) is 6.95. The van der Waals surface area contributed by atoms with Crippen molar-refractivity contribution in [2.75, 3.05) is 32.2 Å². The Kier molecular flexibility index (Phi) is 8.72. The molecule has 0 bridgehead atoms. The van der Waals surface area contributed by atoms with Crippen molar-refractivity contribution in [3.63, 3.8) is 0 Å². The fraction of sp³-hybridized carbons (Fsp3) is 0.400. The number of aromatic nitrogens is 3. The summed E-state index contributed by atoms with van der Waals surface area (Å²) in [6, 6.07) is 9.97. The van der Waals surface area contributed by atoms with Crippen molar-refractivity contribution in [2.45, 2.75) is 29.2 Å². The number of hydrogen-bond donors (Lipinski definition) is 1. The molecule has 0 aliphatic carbocycles. The van der Waals surface area contributed by atoms with Gasteiger partial charge in [0.25, 0.3) is 6.43 Å². The van der Waals surface area contributed by atoms with Crippen LogP contribution in [0.2, 0.25) is 0 Å². The van der Waals surface area contributed by atoms with Crippen LogP contribution in [-0.4, -0.2) is 53.6 Å². The van der Waals surface area contributed by atoms with Crippen molar-refractivity contribution in [1.82, 2.24) is 15.0 Å². The highest BCUT2D eigenvalue weighted by atomic mass is 32.2. The van der Waals surface area contributed by atoms with Gasteiger partial charge in [-0.1, -0.05) is 23.9 Å². The summed E-state index contributed by atoms with van der Waals surface area (Å²) in [5.74, 6) is 1.51. The first-order valence-corrected chi connectivity index (χ1v) is 11.2. The first-order valence-electron chi connectivity index (χ1n) is 9.22. The minimum absolute atomic E-state index is 0.187. The number of ether oxygens (including phenoxy) is 2. The number of pyridine rings is 1. The maximum Gasteiger partial charge on any atom is 0.261 e. The van der Waals surface area contributed by atoms with E-state index in [1.807, 2.05) is 36.5 Å². The number of H-pyrrole nitrogens is 1. The fourth-order valence-electron chi connectivity index (χ4n) is 2.60. The summed E-state index contributed by atoms with van der Waals surface area (Å²) in [4.78, 5) is 13.6. The zero-order valence-corrected chi connectivity index (χ0v) is 17.7. The molecule has 0 spiro atoms. The van der Waals surface area contributed by atoms with E-state index in [4.69, 9.17) is 9.47 Å². The monoisotopic (exact) mass is 439 g/mol. The van der Waals surface area contributed by atoms with Gasteiger partial charge in [-0.2, -0.15) is 0 Å². The molecule has 0 atom stereocenters. The lowest BCUT2D eigenvalue weighted by Crippen LogP contribution is -2.10. The highest BCUT2D eigenvalue weighted by Gasteiger charge is 2.09. The number of nitrogens with one attached hydrogen (secondary N) is 1. The van der Waals surface area contributed by atoms with Crippen LogP contribution in [0.1, 0.15) is 11.3 Å². The van der Waals surface area contributed by atoms with Crippen LogP contribution < -0.4 is 0 Å². The number of imidazole rings is 1. The van der Waals surface area contributed by atoms with Crippen LogP contribution in [0.25, 0.3) is 11.0 Å². The molecule has 0 radical (unpaired) electrons. The first kappa shape index (κ1) is 22.0. The third-order valence-electron chi connectivity index (χ3n) is 4.07. The van der Waals surface area contributed by atoms with E-state index in [9.17, 15) is 8.78 Å². The standard InChI is InChI=1S/C20H23F2N3O2S2/c1-14-17(13-29-20-24-15-4-2-3-5-16(15)25-20)23-7-6-18(14)28-11-10-26-8-9-27-12-19(21)22/h2-7,19H,8-13H2,1H3,(H,24,25). The number of thioether (sulfide) groups is 2. The van der Waals surface area contributed by atoms with Crippen LogP contribution in [0, 0.1) is 6.92 Å². The van der Waals surface area contributed by atoms with Crippen LogP contribution in [0.3, 0.4) is 0 Å². The Labute approximate surface area is 177 Å². The zero-order valence-electron chi connectivity index (χ0n) is 16.1. The van der Waals surface area contributed by atoms with Crippen molar-refractivity contribution in [3.05, 3.63) is 47.8 Å². The highest BCUT2D eigenvalue weighted by molar-refractivity contribution is 7.99. The second-order valence-electron chi connectivity index (χ2n) is 6.16. The second-order valence-corrected chi connectivity index (χ2v) is 8.26. The average Bonchev–Trinajstić information content (AvgIpc) is 3.13. The summed E-state index contributed by atoms with van der Waals surface area (Å²) in [6.07, 6.45) is -0.609. The van der Waals surface area contributed by atoms with Gasteiger partial charge in [-0.25, -0.2) is 13.8 Å². The molecule has 0 fully saturated rings. The molecule has 9 heteroatoms. The van der Waals surface area contributed by atoms with Gasteiger partial charge >= 0.3 is 0 Å². The number of rotatable bonds is 12. The van der Waals surface area contributed by atoms with Crippen molar-refractivity contribution < 1.29 is 18.3 Å². The van der Waals surface area contributed by atoms with Gasteiger partial charge in [0, 0.05) is 22.6 Å². The van der Waals surface area contributed by atoms with Crippen molar-refractivity contribution in [3.8, 4) is 0 Å². The number of aromatic amines is 1. The van der Waals surface area contributed by atoms with Crippen molar-refractivity contribution >= 4 is 34.6 Å². The molecule has 1 N–H and O–H groups in total. The molecule has 29 heavy (non-hydrogen) atoms. The summed E-state index contributed by atoms with van der Waals surface area (Å²) in [6.45, 7) is 2.58. The Balaban J connectivity index is 1.43. The van der Waals surface area contributed by atoms with E-state index in [0.29, 0.717) is 13.2 Å². The Morgan fingerprint density at radius 3 is 2.72 bits per heavy atom. The summed E-state index contributed by atoms with van der Waals surface area (Å²) >= 11 is 3.33. The van der Waals surface area contributed by atoms with Gasteiger partial charge in [0.15, 0.2) is 5.16 Å². The normalized spacial score (nSPS) is 11.6. The van der Waals surface area contributed by atoms with Gasteiger partial charge in [0.1, 0.15) is 6.61 Å². The van der Waals surface area contributed by atoms with Crippen LogP contribution in [-0.2, 0) is 15.2 Å². The molecule has 0 aliphatic rings. The topological polar surface area (TPSA) is 60.0 Å². The van der Waals surface area contributed by atoms with Crippen LogP contribution in [0.4, 0.5) is 8.78 Å². The number of para-hydroxylation sites is 2. The Bertz CT molecular complexity index is 875. The maximum absolute atomic E-state index is 11.9. The summed E-state index contributed by atoms with van der Waals surface area (Å²) in [5.41, 5.74) is 4.18. The Morgan fingerprint density at radius 2 is 1.90 bits per heavy atom. The Morgan fingerprint density at radius 1 is 1.07 bits per heavy atom. The zero-order chi connectivity index (χ0) is 20.5. The molecular formula is C20H23F2N3O2S2. The number of fused-ring (bicyclic) bond motifs is 1. The molecule has 3 rings (SSSR count). The number of hydrogen-bond acceptors (Lipinski definition) is 6. The van der Waals surface area contributed by atoms with E-state index in [1.165, 1.54) is 0 Å². The van der Waals surface area contributed by atoms with E-state index >= 15 is 0 Å². The molecule has 0 aliphatic heterocycles. The molecule has 0 amide bonds. The second kappa shape index (κ2) is 11.5. The molecule has 2 aromatic heterocycles. The fourth-order valence-corrected chi connectivity index (χ4v) is 4.42. The smallest absolute Gasteiger partial charge is 0.261 e. The maximum atomic E-state index is 11.9. The summed E-state index contributed by atoms with van der Waals surface area (Å²) < 4.78 is 34.1. The highest BCUT2D eigenvalue weighted by Crippen LogP contribution is 2.28. The molecular weight excluding hydrogens is 416 g/mol. The lowest BCUT2D eigenvalue weighted by atomic mass is 10.2. The van der Waals surface area contributed by atoms with Gasteiger partial charge < -0.3 is 14.5 Å². The van der Waals surface area contributed by atoms with E-state index in [-0.39, 0.29) is 6.61 Å². The minimum atomic E-state index is -2.43. The predicted molar refractivity (Wildman–Crippen MR) is 113 cm³/mol. The first-order chi connectivity index (χ1) is 14.1. The van der Waals surface area contributed by atoms with E-state index < -0.39 is 13.0 Å². The number of halogens is 2. The minimum Gasteiger partial charge on any atom is -0.378 e. The number of benzene rings is 1. The molecule has 3 aromatic rings. The molecule has 2 heterocycles. The molecule has 0 saturated heterocycles. The van der Waals surface area contributed by atoms with Gasteiger partial charge in [0.05, 0.1) is 36.5 Å². The third-order valence-corrected chi connectivity index (χ3v) is 6.08. The predicted octanol–water partition coefficient (Wildman–Crippen LogP) is 4.95. The van der Waals surface area contributed by atoms with Gasteiger partial charge in [0.2, 0.25) is 0 Å². The van der Waals surface area contributed by atoms with Crippen LogP contribution in [0.15, 0.2) is 46.6 Å². The summed E-state index contributed by atoms with van der Waals surface area (Å²) in [5, 5.41) is 0.882. The van der Waals surface area contributed by atoms with Gasteiger partial charge in [-0.05, 0) is 30.7 Å². The lowest BCUT2D eigenvalue weighted by molar-refractivity contribution is -0.00700. The quantitative estimate of drug-likeness (QED) is 0.318. The van der Waals surface area contributed by atoms with Crippen molar-refractivity contribution in [2.24, 2.45) is 0 Å². The number of nitrogens with zero attached hydrogens (tertiary/aromatic N) is 2. The SMILES string of the molecule is Cc1c(SCCOCCOCC(F)F)ccnc1CSc1nc2ccccc2[nH]1. The summed E-state index contributed by atoms with van der Waals surface area (Å²) in [7, 11) is 0.